The van der Waals surface area contributed by atoms with Crippen molar-refractivity contribution in [3.05, 3.63) is 17.3 Å². The third-order valence-electron chi connectivity index (χ3n) is 2.46. The summed E-state index contributed by atoms with van der Waals surface area (Å²) in [6.45, 7) is 1.70. The Labute approximate surface area is 101 Å². The molecule has 1 aliphatic rings. The van der Waals surface area contributed by atoms with Crippen LogP contribution in [0.4, 0.5) is 5.82 Å². The quantitative estimate of drug-likeness (QED) is 0.905. The van der Waals surface area contributed by atoms with Crippen molar-refractivity contribution in [2.24, 2.45) is 0 Å². The summed E-state index contributed by atoms with van der Waals surface area (Å²) in [4.78, 5) is 9.79. The number of hydrogen-bond acceptors (Lipinski definition) is 6. The molecule has 0 atom stereocenters. The maximum Gasteiger partial charge on any atom is 0.142 e. The predicted molar refractivity (Wildman–Crippen MR) is 67.7 cm³/mol. The van der Waals surface area contributed by atoms with E-state index in [1.165, 1.54) is 0 Å². The fourth-order valence-electron chi connectivity index (χ4n) is 1.49. The average molecular weight is 253 g/mol. The van der Waals surface area contributed by atoms with Crippen LogP contribution in [0.5, 0.6) is 0 Å². The van der Waals surface area contributed by atoms with Crippen LogP contribution < -0.4 is 5.73 Å². The van der Waals surface area contributed by atoms with Crippen molar-refractivity contribution in [3.63, 3.8) is 0 Å². The lowest BCUT2D eigenvalue weighted by atomic mass is 10.4. The van der Waals surface area contributed by atoms with Gasteiger partial charge in [0.25, 0.3) is 0 Å². The first kappa shape index (κ1) is 10.3. The van der Waals surface area contributed by atoms with E-state index >= 15 is 0 Å². The standard InChI is InChI=1S/C10H11N3OS2/c11-9-7-1-2-15-10(7)13-8(12-9)5-16-6-3-14-4-6/h1-2,6H,3-5H2,(H2,11,12,13). The minimum atomic E-state index is 0.590. The van der Waals surface area contributed by atoms with E-state index in [4.69, 9.17) is 10.5 Å². The van der Waals surface area contributed by atoms with Gasteiger partial charge in [-0.1, -0.05) is 0 Å². The molecule has 3 heterocycles. The summed E-state index contributed by atoms with van der Waals surface area (Å²) in [6, 6.07) is 1.96. The molecule has 1 fully saturated rings. The Balaban J connectivity index is 1.80. The zero-order chi connectivity index (χ0) is 11.0. The zero-order valence-electron chi connectivity index (χ0n) is 8.55. The second kappa shape index (κ2) is 4.20. The number of thiophene rings is 1. The molecule has 84 valence electrons. The van der Waals surface area contributed by atoms with Gasteiger partial charge < -0.3 is 10.5 Å². The highest BCUT2D eigenvalue weighted by Gasteiger charge is 2.19. The van der Waals surface area contributed by atoms with Gasteiger partial charge >= 0.3 is 0 Å². The first-order chi connectivity index (χ1) is 7.83. The van der Waals surface area contributed by atoms with Gasteiger partial charge in [0.1, 0.15) is 16.5 Å². The monoisotopic (exact) mass is 253 g/mol. The third kappa shape index (κ3) is 1.88. The predicted octanol–water partition coefficient (Wildman–Crippen LogP) is 1.91. The number of nitrogens with zero attached hydrogens (tertiary/aromatic N) is 2. The lowest BCUT2D eigenvalue weighted by Crippen LogP contribution is -2.30. The Morgan fingerprint density at radius 1 is 1.50 bits per heavy atom. The number of nitrogen functional groups attached to an aromatic ring is 1. The van der Waals surface area contributed by atoms with Crippen molar-refractivity contribution in [3.8, 4) is 0 Å². The summed E-state index contributed by atoms with van der Waals surface area (Å²) in [5.41, 5.74) is 5.88. The van der Waals surface area contributed by atoms with Crippen molar-refractivity contribution in [1.82, 2.24) is 9.97 Å². The summed E-state index contributed by atoms with van der Waals surface area (Å²) < 4.78 is 5.12. The van der Waals surface area contributed by atoms with Gasteiger partial charge in [0.2, 0.25) is 0 Å². The molecule has 0 bridgehead atoms. The maximum atomic E-state index is 5.88. The highest BCUT2D eigenvalue weighted by atomic mass is 32.2. The molecule has 0 amide bonds. The van der Waals surface area contributed by atoms with E-state index in [0.29, 0.717) is 11.1 Å². The van der Waals surface area contributed by atoms with Crippen LogP contribution in [0.25, 0.3) is 10.2 Å². The molecular weight excluding hydrogens is 242 g/mol. The molecular formula is C10H11N3OS2. The summed E-state index contributed by atoms with van der Waals surface area (Å²) in [7, 11) is 0. The number of anilines is 1. The molecule has 4 nitrogen and oxygen atoms in total. The normalized spacial score (nSPS) is 16.5. The number of nitrogens with two attached hydrogens (primary N) is 1. The van der Waals surface area contributed by atoms with E-state index in [9.17, 15) is 0 Å². The number of rotatable bonds is 3. The van der Waals surface area contributed by atoms with E-state index in [1.807, 2.05) is 23.2 Å². The van der Waals surface area contributed by atoms with Crippen molar-refractivity contribution in [2.75, 3.05) is 18.9 Å². The molecule has 2 N–H and O–H groups in total. The van der Waals surface area contributed by atoms with Crippen LogP contribution in [0.2, 0.25) is 0 Å². The van der Waals surface area contributed by atoms with Crippen LogP contribution in [-0.2, 0) is 10.5 Å². The van der Waals surface area contributed by atoms with E-state index in [0.717, 1.165) is 35.0 Å². The molecule has 3 rings (SSSR count). The Bertz CT molecular complexity index is 510. The Morgan fingerprint density at radius 2 is 2.38 bits per heavy atom. The van der Waals surface area contributed by atoms with Crippen LogP contribution in [0, 0.1) is 0 Å². The second-order valence-corrected chi connectivity index (χ2v) is 5.82. The van der Waals surface area contributed by atoms with Gasteiger partial charge in [-0.2, -0.15) is 0 Å². The van der Waals surface area contributed by atoms with E-state index in [1.54, 1.807) is 11.3 Å². The molecule has 0 aliphatic carbocycles. The maximum absolute atomic E-state index is 5.88. The Hall–Kier alpha value is -0.850. The summed E-state index contributed by atoms with van der Waals surface area (Å²) >= 11 is 3.44. The average Bonchev–Trinajstić information content (AvgIpc) is 2.63. The second-order valence-electron chi connectivity index (χ2n) is 3.63. The number of aromatic nitrogens is 2. The van der Waals surface area contributed by atoms with Gasteiger partial charge in [0.05, 0.1) is 29.6 Å². The minimum absolute atomic E-state index is 0.590. The first-order valence-electron chi connectivity index (χ1n) is 5.02. The first-order valence-corrected chi connectivity index (χ1v) is 6.95. The number of ether oxygens (including phenoxy) is 1. The Morgan fingerprint density at radius 3 is 3.12 bits per heavy atom. The Kier molecular flexibility index (Phi) is 2.70. The molecule has 0 aromatic carbocycles. The lowest BCUT2D eigenvalue weighted by Gasteiger charge is -2.24. The fraction of sp³-hybridized carbons (Fsp3) is 0.400. The fourth-order valence-corrected chi connectivity index (χ4v) is 3.18. The molecule has 1 saturated heterocycles. The highest BCUT2D eigenvalue weighted by molar-refractivity contribution is 7.99. The molecule has 1 aliphatic heterocycles. The van der Waals surface area contributed by atoms with E-state index in [-0.39, 0.29) is 0 Å². The number of thioether (sulfide) groups is 1. The van der Waals surface area contributed by atoms with Crippen LogP contribution in [-0.4, -0.2) is 28.4 Å². The molecule has 0 spiro atoms. The van der Waals surface area contributed by atoms with Crippen molar-refractivity contribution in [1.29, 1.82) is 0 Å². The zero-order valence-corrected chi connectivity index (χ0v) is 10.2. The summed E-state index contributed by atoms with van der Waals surface area (Å²) in [5, 5.41) is 3.56. The number of fused-ring (bicyclic) bond motifs is 1. The third-order valence-corrected chi connectivity index (χ3v) is 4.43. The molecule has 16 heavy (non-hydrogen) atoms. The summed E-state index contributed by atoms with van der Waals surface area (Å²) in [5.74, 6) is 2.22. The largest absolute Gasteiger partial charge is 0.383 e. The van der Waals surface area contributed by atoms with Crippen molar-refractivity contribution >= 4 is 39.1 Å². The highest BCUT2D eigenvalue weighted by Crippen LogP contribution is 2.26. The van der Waals surface area contributed by atoms with Crippen LogP contribution >= 0.6 is 23.1 Å². The van der Waals surface area contributed by atoms with Crippen LogP contribution in [0.1, 0.15) is 5.82 Å². The molecule has 2 aromatic rings. The van der Waals surface area contributed by atoms with E-state index < -0.39 is 0 Å². The topological polar surface area (TPSA) is 61.0 Å². The van der Waals surface area contributed by atoms with Crippen LogP contribution in [0.3, 0.4) is 0 Å². The van der Waals surface area contributed by atoms with Gasteiger partial charge in [-0.25, -0.2) is 9.97 Å². The molecule has 6 heteroatoms. The van der Waals surface area contributed by atoms with Gasteiger partial charge in [-0.15, -0.1) is 23.1 Å². The number of hydrogen-bond donors (Lipinski definition) is 1. The summed E-state index contributed by atoms with van der Waals surface area (Å²) in [6.07, 6.45) is 0. The minimum Gasteiger partial charge on any atom is -0.383 e. The van der Waals surface area contributed by atoms with Gasteiger partial charge in [0, 0.05) is 0 Å². The smallest absolute Gasteiger partial charge is 0.142 e. The van der Waals surface area contributed by atoms with Crippen molar-refractivity contribution in [2.45, 2.75) is 11.0 Å². The molecule has 0 unspecified atom stereocenters. The van der Waals surface area contributed by atoms with Gasteiger partial charge in [0.15, 0.2) is 0 Å². The molecule has 2 aromatic heterocycles. The van der Waals surface area contributed by atoms with Crippen LogP contribution in [0.15, 0.2) is 11.4 Å². The molecule has 0 saturated carbocycles. The van der Waals surface area contributed by atoms with Gasteiger partial charge in [-0.3, -0.25) is 0 Å². The SMILES string of the molecule is Nc1nc(CSC2COC2)nc2sccc12. The lowest BCUT2D eigenvalue weighted by molar-refractivity contribution is 0.0455. The molecule has 0 radical (unpaired) electrons. The van der Waals surface area contributed by atoms with Gasteiger partial charge in [-0.05, 0) is 11.4 Å². The van der Waals surface area contributed by atoms with E-state index in [2.05, 4.69) is 9.97 Å². The van der Waals surface area contributed by atoms with Crippen molar-refractivity contribution < 1.29 is 4.74 Å².